The second-order valence-corrected chi connectivity index (χ2v) is 8.99. The van der Waals surface area contributed by atoms with Gasteiger partial charge in [-0.05, 0) is 39.0 Å². The maximum atomic E-state index is 12.4. The summed E-state index contributed by atoms with van der Waals surface area (Å²) >= 11 is 6.23. The average molecular weight is 415 g/mol. The largest absolute Gasteiger partial charge is 0.444 e. The molecule has 3 aliphatic rings. The molecular weight excluding hydrogens is 388 g/mol. The van der Waals surface area contributed by atoms with Crippen LogP contribution in [0.1, 0.15) is 20.8 Å². The first-order valence-corrected chi connectivity index (χ1v) is 10.4. The lowest BCUT2D eigenvalue weighted by Crippen LogP contribution is -2.53. The van der Waals surface area contributed by atoms with Crippen molar-refractivity contribution in [3.8, 4) is 0 Å². The fourth-order valence-electron chi connectivity index (χ4n) is 3.81. The number of ether oxygens (including phenoxy) is 1. The van der Waals surface area contributed by atoms with E-state index < -0.39 is 5.60 Å². The van der Waals surface area contributed by atoms with E-state index in [0.717, 1.165) is 30.3 Å². The molecule has 7 heteroatoms. The third-order valence-electron chi connectivity index (χ3n) is 5.21. The molecule has 2 unspecified atom stereocenters. The van der Waals surface area contributed by atoms with Crippen molar-refractivity contribution in [2.24, 2.45) is 10.9 Å². The molecule has 0 saturated carbocycles. The molecule has 2 aliphatic heterocycles. The molecule has 1 amide bonds. The second-order valence-electron chi connectivity index (χ2n) is 8.55. The van der Waals surface area contributed by atoms with Crippen molar-refractivity contribution < 1.29 is 9.53 Å². The smallest absolute Gasteiger partial charge is 0.410 e. The highest BCUT2D eigenvalue weighted by molar-refractivity contribution is 6.31. The number of hydrogen-bond acceptors (Lipinski definition) is 5. The zero-order valence-electron chi connectivity index (χ0n) is 17.1. The fraction of sp³-hybridized carbons (Fsp3) is 0.455. The Morgan fingerprint density at radius 2 is 1.90 bits per heavy atom. The highest BCUT2D eigenvalue weighted by Gasteiger charge is 2.34. The highest BCUT2D eigenvalue weighted by Crippen LogP contribution is 2.35. The van der Waals surface area contributed by atoms with Crippen molar-refractivity contribution in [1.29, 1.82) is 0 Å². The normalized spacial score (nSPS) is 23.5. The van der Waals surface area contributed by atoms with E-state index in [1.165, 1.54) is 0 Å². The van der Waals surface area contributed by atoms with Gasteiger partial charge < -0.3 is 19.9 Å². The van der Waals surface area contributed by atoms with Gasteiger partial charge in [-0.15, -0.1) is 0 Å². The Morgan fingerprint density at radius 1 is 1.17 bits per heavy atom. The monoisotopic (exact) mass is 414 g/mol. The zero-order valence-corrected chi connectivity index (χ0v) is 17.8. The zero-order chi connectivity index (χ0) is 20.6. The van der Waals surface area contributed by atoms with Crippen LogP contribution in [0.25, 0.3) is 0 Å². The summed E-state index contributed by atoms with van der Waals surface area (Å²) in [6, 6.07) is 5.88. The summed E-state index contributed by atoms with van der Waals surface area (Å²) in [6.45, 7) is 8.32. The van der Waals surface area contributed by atoms with Gasteiger partial charge in [0.25, 0.3) is 0 Å². The van der Waals surface area contributed by atoms with Crippen LogP contribution >= 0.6 is 11.6 Å². The summed E-state index contributed by atoms with van der Waals surface area (Å²) in [5.41, 5.74) is 1.34. The van der Waals surface area contributed by atoms with Crippen molar-refractivity contribution in [2.75, 3.05) is 31.5 Å². The number of nitrogens with one attached hydrogen (secondary N) is 1. The van der Waals surface area contributed by atoms with Gasteiger partial charge in [0.1, 0.15) is 11.4 Å². The molecule has 0 radical (unpaired) electrons. The van der Waals surface area contributed by atoms with Crippen molar-refractivity contribution >= 4 is 34.9 Å². The number of hydrogen-bond donors (Lipinski definition) is 1. The van der Waals surface area contributed by atoms with Crippen LogP contribution in [0, 0.1) is 5.92 Å². The van der Waals surface area contributed by atoms with Crippen molar-refractivity contribution in [3.63, 3.8) is 0 Å². The molecule has 4 rings (SSSR count). The molecule has 1 aromatic carbocycles. The first kappa shape index (κ1) is 19.8. The van der Waals surface area contributed by atoms with E-state index in [9.17, 15) is 4.79 Å². The van der Waals surface area contributed by atoms with Crippen LogP contribution in [0.2, 0.25) is 5.02 Å². The summed E-state index contributed by atoms with van der Waals surface area (Å²) in [6.07, 6.45) is 8.23. The number of piperazine rings is 1. The van der Waals surface area contributed by atoms with Gasteiger partial charge in [-0.2, -0.15) is 0 Å². The van der Waals surface area contributed by atoms with Crippen molar-refractivity contribution in [1.82, 2.24) is 9.80 Å². The molecule has 0 bridgehead atoms. The number of rotatable bonds is 0. The van der Waals surface area contributed by atoms with E-state index in [1.807, 2.05) is 39.0 Å². The van der Waals surface area contributed by atoms with E-state index >= 15 is 0 Å². The lowest BCUT2D eigenvalue weighted by Gasteiger charge is -2.39. The molecule has 1 aromatic rings. The predicted molar refractivity (Wildman–Crippen MR) is 117 cm³/mol. The molecule has 1 aliphatic carbocycles. The molecule has 0 spiro atoms. The van der Waals surface area contributed by atoms with Gasteiger partial charge in [0.2, 0.25) is 0 Å². The van der Waals surface area contributed by atoms with Gasteiger partial charge in [-0.1, -0.05) is 35.9 Å². The van der Waals surface area contributed by atoms with Crippen LogP contribution < -0.4 is 5.32 Å². The molecular formula is C22H27ClN4O2. The number of anilines is 1. The minimum Gasteiger partial charge on any atom is -0.444 e. The Hall–Kier alpha value is -2.47. The molecule has 2 atom stereocenters. The number of allylic oxidation sites excluding steroid dienone is 2. The van der Waals surface area contributed by atoms with E-state index in [2.05, 4.69) is 34.5 Å². The van der Waals surface area contributed by atoms with Gasteiger partial charge >= 0.3 is 6.09 Å². The Bertz CT molecular complexity index is 879. The quantitative estimate of drug-likeness (QED) is 0.681. The van der Waals surface area contributed by atoms with E-state index in [-0.39, 0.29) is 18.1 Å². The summed E-state index contributed by atoms with van der Waals surface area (Å²) < 4.78 is 5.52. The first-order valence-electron chi connectivity index (χ1n) is 10.0. The average Bonchev–Trinajstić information content (AvgIpc) is 2.83. The molecule has 2 heterocycles. The molecule has 154 valence electrons. The van der Waals surface area contributed by atoms with Crippen molar-refractivity contribution in [3.05, 3.63) is 47.5 Å². The Labute approximate surface area is 176 Å². The Balaban J connectivity index is 1.56. The predicted octanol–water partition coefficient (Wildman–Crippen LogP) is 4.46. The topological polar surface area (TPSA) is 57.2 Å². The second kappa shape index (κ2) is 7.75. The fourth-order valence-corrected chi connectivity index (χ4v) is 3.98. The van der Waals surface area contributed by atoms with Gasteiger partial charge in [0.05, 0.1) is 23.3 Å². The van der Waals surface area contributed by atoms with E-state index in [1.54, 1.807) is 4.90 Å². The third-order valence-corrected chi connectivity index (χ3v) is 5.44. The lowest BCUT2D eigenvalue weighted by atomic mass is 9.93. The van der Waals surface area contributed by atoms with Gasteiger partial charge in [-0.3, -0.25) is 0 Å². The maximum absolute atomic E-state index is 12.4. The number of amides is 1. The summed E-state index contributed by atoms with van der Waals surface area (Å²) in [4.78, 5) is 21.5. The number of fused-ring (bicyclic) bond motifs is 2. The van der Waals surface area contributed by atoms with Gasteiger partial charge in [0.15, 0.2) is 0 Å². The summed E-state index contributed by atoms with van der Waals surface area (Å²) in [5, 5.41) is 4.25. The first-order chi connectivity index (χ1) is 13.8. The standard InChI is InChI=1S/C22H27ClN4O2/c1-22(2,3)29-21(28)27-12-10-26(11-13-27)20-16-6-4-5-7-17(16)24-18-9-8-15(23)14-19(18)25-20/h4-9,14,16-17,24H,10-13H2,1-3H3. The molecule has 6 nitrogen and oxygen atoms in total. The number of carbonyl (C=O) groups is 1. The van der Waals surface area contributed by atoms with Gasteiger partial charge in [-0.25, -0.2) is 9.79 Å². The van der Waals surface area contributed by atoms with Crippen LogP contribution in [0.15, 0.2) is 47.5 Å². The van der Waals surface area contributed by atoms with Crippen LogP contribution in [0.5, 0.6) is 0 Å². The van der Waals surface area contributed by atoms with E-state index in [4.69, 9.17) is 21.3 Å². The number of carbonyl (C=O) groups excluding carboxylic acids is 1. The molecule has 1 saturated heterocycles. The number of halogens is 1. The minimum atomic E-state index is -0.485. The third kappa shape index (κ3) is 4.42. The molecule has 29 heavy (non-hydrogen) atoms. The van der Waals surface area contributed by atoms with E-state index in [0.29, 0.717) is 18.1 Å². The highest BCUT2D eigenvalue weighted by atomic mass is 35.5. The summed E-state index contributed by atoms with van der Waals surface area (Å²) in [5.74, 6) is 1.13. The minimum absolute atomic E-state index is 0.124. The molecule has 0 aromatic heterocycles. The van der Waals surface area contributed by atoms with Crippen LogP contribution in [-0.2, 0) is 4.74 Å². The van der Waals surface area contributed by atoms with Crippen LogP contribution in [-0.4, -0.2) is 59.6 Å². The SMILES string of the molecule is CC(C)(C)OC(=O)N1CCN(C2=Nc3cc(Cl)ccc3NC3C=CC=CC23)CC1. The Morgan fingerprint density at radius 3 is 2.62 bits per heavy atom. The summed E-state index contributed by atoms with van der Waals surface area (Å²) in [7, 11) is 0. The maximum Gasteiger partial charge on any atom is 0.410 e. The number of nitrogens with zero attached hydrogens (tertiary/aromatic N) is 3. The molecule has 1 fully saturated rings. The molecule has 1 N–H and O–H groups in total. The van der Waals surface area contributed by atoms with Gasteiger partial charge in [0, 0.05) is 31.2 Å². The Kier molecular flexibility index (Phi) is 5.30. The lowest BCUT2D eigenvalue weighted by molar-refractivity contribution is 0.0185. The number of amidine groups is 1. The number of aliphatic imine (C=N–C) groups is 1. The number of benzene rings is 1. The van der Waals surface area contributed by atoms with Crippen molar-refractivity contribution in [2.45, 2.75) is 32.4 Å². The van der Waals surface area contributed by atoms with Crippen LogP contribution in [0.3, 0.4) is 0 Å². The van der Waals surface area contributed by atoms with Crippen LogP contribution in [0.4, 0.5) is 16.2 Å².